The van der Waals surface area contributed by atoms with E-state index >= 15 is 0 Å². The molecule has 0 radical (unpaired) electrons. The molecule has 0 saturated carbocycles. The Morgan fingerprint density at radius 1 is 1.25 bits per heavy atom. The minimum absolute atomic E-state index is 0.0401. The van der Waals surface area contributed by atoms with Crippen molar-refractivity contribution in [2.45, 2.75) is 6.10 Å². The van der Waals surface area contributed by atoms with E-state index in [1.807, 2.05) is 0 Å². The number of nitrogens with one attached hydrogen (secondary N) is 1. The Bertz CT molecular complexity index is 365. The van der Waals surface area contributed by atoms with Crippen LogP contribution in [-0.2, 0) is 9.47 Å². The van der Waals surface area contributed by atoms with Gasteiger partial charge in [0.1, 0.15) is 12.7 Å². The van der Waals surface area contributed by atoms with Crippen LogP contribution in [0.3, 0.4) is 0 Å². The highest BCUT2D eigenvalue weighted by atomic mass is 19.1. The van der Waals surface area contributed by atoms with E-state index < -0.39 is 11.9 Å². The summed E-state index contributed by atoms with van der Waals surface area (Å²) < 4.78 is 28.5. The van der Waals surface area contributed by atoms with E-state index in [9.17, 15) is 9.50 Å². The van der Waals surface area contributed by atoms with Crippen LogP contribution in [-0.4, -0.2) is 57.8 Å². The van der Waals surface area contributed by atoms with Crippen molar-refractivity contribution in [3.05, 3.63) is 30.1 Å². The van der Waals surface area contributed by atoms with Crippen molar-refractivity contribution in [1.29, 1.82) is 0 Å². The molecule has 0 spiro atoms. The van der Waals surface area contributed by atoms with Crippen LogP contribution in [0.25, 0.3) is 0 Å². The lowest BCUT2D eigenvalue weighted by molar-refractivity contribution is 0.0677. The van der Waals surface area contributed by atoms with Gasteiger partial charge < -0.3 is 24.6 Å². The number of aliphatic hydroxyl groups excluding tert-OH is 1. The van der Waals surface area contributed by atoms with Crippen molar-refractivity contribution in [1.82, 2.24) is 5.32 Å². The lowest BCUT2D eigenvalue weighted by Gasteiger charge is -2.13. The molecule has 0 amide bonds. The Balaban J connectivity index is 2.03. The van der Waals surface area contributed by atoms with Crippen LogP contribution in [0.1, 0.15) is 0 Å². The first-order chi connectivity index (χ1) is 9.74. The van der Waals surface area contributed by atoms with Crippen LogP contribution in [0.2, 0.25) is 0 Å². The van der Waals surface area contributed by atoms with Crippen LogP contribution in [0.5, 0.6) is 5.75 Å². The Morgan fingerprint density at radius 2 is 2.05 bits per heavy atom. The first-order valence-corrected chi connectivity index (χ1v) is 6.57. The molecule has 1 rings (SSSR count). The first kappa shape index (κ1) is 16.8. The number of hydrogen-bond acceptors (Lipinski definition) is 5. The zero-order valence-corrected chi connectivity index (χ0v) is 11.7. The van der Waals surface area contributed by atoms with E-state index in [-0.39, 0.29) is 12.4 Å². The van der Waals surface area contributed by atoms with Gasteiger partial charge in [0.05, 0.1) is 19.8 Å². The molecular weight excluding hydrogens is 265 g/mol. The van der Waals surface area contributed by atoms with Crippen LogP contribution < -0.4 is 10.1 Å². The molecule has 0 fully saturated rings. The second-order valence-corrected chi connectivity index (χ2v) is 4.20. The molecule has 2 N–H and O–H groups in total. The van der Waals surface area contributed by atoms with Gasteiger partial charge in [-0.1, -0.05) is 12.1 Å². The lowest BCUT2D eigenvalue weighted by atomic mass is 10.3. The Hall–Kier alpha value is -1.21. The van der Waals surface area contributed by atoms with E-state index in [4.69, 9.17) is 14.2 Å². The molecule has 20 heavy (non-hydrogen) atoms. The van der Waals surface area contributed by atoms with Gasteiger partial charge in [0.15, 0.2) is 11.6 Å². The molecule has 1 unspecified atom stereocenters. The van der Waals surface area contributed by atoms with Crippen molar-refractivity contribution >= 4 is 0 Å². The van der Waals surface area contributed by atoms with Crippen molar-refractivity contribution in [3.63, 3.8) is 0 Å². The Labute approximate surface area is 118 Å². The van der Waals surface area contributed by atoms with Gasteiger partial charge >= 0.3 is 0 Å². The third-order valence-electron chi connectivity index (χ3n) is 2.50. The molecule has 0 aliphatic carbocycles. The van der Waals surface area contributed by atoms with Crippen molar-refractivity contribution in [2.24, 2.45) is 0 Å². The number of methoxy groups -OCH3 is 1. The van der Waals surface area contributed by atoms with Gasteiger partial charge in [-0.05, 0) is 12.1 Å². The quantitative estimate of drug-likeness (QED) is 0.590. The highest BCUT2D eigenvalue weighted by Crippen LogP contribution is 2.15. The summed E-state index contributed by atoms with van der Waals surface area (Å²) in [7, 11) is 1.62. The van der Waals surface area contributed by atoms with Gasteiger partial charge in [0.25, 0.3) is 0 Å². The van der Waals surface area contributed by atoms with Gasteiger partial charge in [-0.3, -0.25) is 0 Å². The molecule has 1 aromatic rings. The van der Waals surface area contributed by atoms with Gasteiger partial charge in [-0.2, -0.15) is 0 Å². The lowest BCUT2D eigenvalue weighted by Crippen LogP contribution is -2.33. The Kier molecular flexibility index (Phi) is 8.90. The third-order valence-corrected chi connectivity index (χ3v) is 2.50. The molecule has 114 valence electrons. The van der Waals surface area contributed by atoms with Crippen molar-refractivity contribution in [2.75, 3.05) is 46.6 Å². The fraction of sp³-hybridized carbons (Fsp3) is 0.571. The van der Waals surface area contributed by atoms with Gasteiger partial charge in [-0.25, -0.2) is 4.39 Å². The molecule has 0 heterocycles. The number of halogens is 1. The highest BCUT2D eigenvalue weighted by molar-refractivity contribution is 5.23. The van der Waals surface area contributed by atoms with Crippen LogP contribution in [0.4, 0.5) is 4.39 Å². The van der Waals surface area contributed by atoms with Crippen molar-refractivity contribution in [3.8, 4) is 5.75 Å². The van der Waals surface area contributed by atoms with Gasteiger partial charge in [0, 0.05) is 20.2 Å². The summed E-state index contributed by atoms with van der Waals surface area (Å²) in [5, 5.41) is 12.7. The zero-order chi connectivity index (χ0) is 14.6. The monoisotopic (exact) mass is 287 g/mol. The molecule has 0 aliphatic rings. The molecule has 0 saturated heterocycles. The van der Waals surface area contributed by atoms with E-state index in [2.05, 4.69) is 5.32 Å². The summed E-state index contributed by atoms with van der Waals surface area (Å²) in [6, 6.07) is 6.11. The van der Waals surface area contributed by atoms with Gasteiger partial charge in [0.2, 0.25) is 0 Å². The summed E-state index contributed by atoms with van der Waals surface area (Å²) in [6.07, 6.45) is -0.700. The fourth-order valence-electron chi connectivity index (χ4n) is 1.46. The molecule has 0 aromatic heterocycles. The smallest absolute Gasteiger partial charge is 0.165 e. The number of rotatable bonds is 11. The summed E-state index contributed by atoms with van der Waals surface area (Å²) in [6.45, 7) is 2.70. The maximum Gasteiger partial charge on any atom is 0.165 e. The minimum atomic E-state index is -0.700. The molecule has 0 bridgehead atoms. The normalized spacial score (nSPS) is 12.3. The maximum atomic E-state index is 13.2. The summed E-state index contributed by atoms with van der Waals surface area (Å²) in [4.78, 5) is 0. The maximum absolute atomic E-state index is 13.2. The minimum Gasteiger partial charge on any atom is -0.488 e. The third kappa shape index (κ3) is 7.40. The molecule has 1 atom stereocenters. The van der Waals surface area contributed by atoms with Crippen molar-refractivity contribution < 1.29 is 23.7 Å². The average Bonchev–Trinajstić information content (AvgIpc) is 2.45. The number of hydrogen-bond donors (Lipinski definition) is 2. The van der Waals surface area contributed by atoms with E-state index in [1.165, 1.54) is 12.1 Å². The highest BCUT2D eigenvalue weighted by Gasteiger charge is 2.07. The summed E-state index contributed by atoms with van der Waals surface area (Å²) >= 11 is 0. The topological polar surface area (TPSA) is 60.0 Å². The molecule has 5 nitrogen and oxygen atoms in total. The zero-order valence-electron chi connectivity index (χ0n) is 11.7. The first-order valence-electron chi connectivity index (χ1n) is 6.57. The fourth-order valence-corrected chi connectivity index (χ4v) is 1.46. The standard InChI is InChI=1S/C14H22FNO4/c1-18-8-9-19-7-6-16-10-12(17)11-20-14-5-3-2-4-13(14)15/h2-5,12,16-17H,6-11H2,1H3. The van der Waals surface area contributed by atoms with E-state index in [0.29, 0.717) is 32.9 Å². The van der Waals surface area contributed by atoms with Gasteiger partial charge in [-0.15, -0.1) is 0 Å². The Morgan fingerprint density at radius 3 is 2.80 bits per heavy atom. The number of ether oxygens (including phenoxy) is 3. The van der Waals surface area contributed by atoms with Crippen LogP contribution in [0.15, 0.2) is 24.3 Å². The molecule has 0 aliphatic heterocycles. The number of benzene rings is 1. The molecular formula is C14H22FNO4. The second-order valence-electron chi connectivity index (χ2n) is 4.20. The van der Waals surface area contributed by atoms with Crippen LogP contribution >= 0.6 is 0 Å². The molecule has 1 aromatic carbocycles. The number of para-hydroxylation sites is 1. The average molecular weight is 287 g/mol. The second kappa shape index (κ2) is 10.6. The summed E-state index contributed by atoms with van der Waals surface area (Å²) in [5.41, 5.74) is 0. The largest absolute Gasteiger partial charge is 0.488 e. The van der Waals surface area contributed by atoms with E-state index in [1.54, 1.807) is 19.2 Å². The SMILES string of the molecule is COCCOCCNCC(O)COc1ccccc1F. The summed E-state index contributed by atoms with van der Waals surface area (Å²) in [5.74, 6) is -0.284. The van der Waals surface area contributed by atoms with Crippen LogP contribution in [0, 0.1) is 5.82 Å². The van der Waals surface area contributed by atoms with E-state index in [0.717, 1.165) is 0 Å². The predicted molar refractivity (Wildman–Crippen MR) is 73.5 cm³/mol. The molecule has 6 heteroatoms. The number of aliphatic hydroxyl groups is 1. The predicted octanol–water partition coefficient (Wildman–Crippen LogP) is 0.818.